The van der Waals surface area contributed by atoms with Crippen LogP contribution >= 0.6 is 0 Å². The number of nitrogens with zero attached hydrogens (tertiary/aromatic N) is 2. The van der Waals surface area contributed by atoms with E-state index < -0.39 is 68.5 Å². The zero-order chi connectivity index (χ0) is 39.6. The van der Waals surface area contributed by atoms with Crippen LogP contribution in [0.5, 0.6) is 0 Å². The van der Waals surface area contributed by atoms with Crippen LogP contribution in [0.3, 0.4) is 0 Å². The maximum atomic E-state index is 13.9. The van der Waals surface area contributed by atoms with E-state index in [4.69, 9.17) is 0 Å². The second-order valence-electron chi connectivity index (χ2n) is 16.8. The van der Waals surface area contributed by atoms with Crippen LogP contribution in [0.2, 0.25) is 0 Å². The number of hydrogen-bond donors (Lipinski definition) is 2. The van der Waals surface area contributed by atoms with Crippen LogP contribution in [0.1, 0.15) is 111 Å². The van der Waals surface area contributed by atoms with Gasteiger partial charge in [-0.15, -0.1) is 0 Å². The maximum Gasteiger partial charge on any atom is 0.471 e. The molecule has 7 nitrogen and oxygen atoms in total. The van der Waals surface area contributed by atoms with Gasteiger partial charge in [-0.05, 0) is 136 Å². The number of unbranched alkanes of at least 4 members (excludes halogenated alkanes) is 1. The van der Waals surface area contributed by atoms with Gasteiger partial charge in [-0.3, -0.25) is 14.4 Å². The van der Waals surface area contributed by atoms with Crippen LogP contribution in [0, 0.1) is 46.3 Å². The number of amides is 3. The van der Waals surface area contributed by atoms with Crippen molar-refractivity contribution in [3.8, 4) is 0 Å². The highest BCUT2D eigenvalue weighted by Crippen LogP contribution is 2.68. The molecule has 0 aliphatic heterocycles. The van der Waals surface area contributed by atoms with E-state index in [2.05, 4.69) is 20.8 Å². The standard InChI is InChI=1S/C37H56F9N3O4/c1-23(8-6-21-50)27-11-12-28-26-10-9-24-22-25(13-15-33(24,2)29(26)14-16-34(27,28)3)49(32(53)37(44,45)46)20-7-19-48(31(52)36(41,42)43)18-5-4-17-47-30(51)35(38,39)40/h23-29,50H,4-22H2,1-3H3,(H,47,51). The molecule has 9 unspecified atom stereocenters. The normalized spacial score (nSPS) is 32.2. The van der Waals surface area contributed by atoms with Crippen molar-refractivity contribution >= 4 is 17.7 Å². The quantitative estimate of drug-likeness (QED) is 0.138. The van der Waals surface area contributed by atoms with E-state index in [0.29, 0.717) is 53.8 Å². The molecule has 0 radical (unpaired) electrons. The van der Waals surface area contributed by atoms with Crippen LogP contribution in [0.15, 0.2) is 0 Å². The first kappa shape index (κ1) is 43.5. The fourth-order valence-electron chi connectivity index (χ4n) is 11.4. The molecule has 0 spiro atoms. The van der Waals surface area contributed by atoms with E-state index in [1.54, 1.807) is 5.32 Å². The van der Waals surface area contributed by atoms with Crippen molar-refractivity contribution in [2.24, 2.45) is 46.3 Å². The van der Waals surface area contributed by atoms with Crippen molar-refractivity contribution in [3.05, 3.63) is 0 Å². The summed E-state index contributed by atoms with van der Waals surface area (Å²) in [5, 5.41) is 11.0. The molecule has 3 amide bonds. The van der Waals surface area contributed by atoms with Gasteiger partial charge in [0.1, 0.15) is 0 Å². The molecule has 4 rings (SSSR count). The fourth-order valence-corrected chi connectivity index (χ4v) is 11.4. The molecule has 4 fully saturated rings. The second-order valence-corrected chi connectivity index (χ2v) is 16.8. The van der Waals surface area contributed by atoms with Crippen LogP contribution in [0.25, 0.3) is 0 Å². The van der Waals surface area contributed by atoms with Gasteiger partial charge in [0, 0.05) is 38.8 Å². The average Bonchev–Trinajstić information content (AvgIpc) is 3.43. The van der Waals surface area contributed by atoms with Gasteiger partial charge in [0.05, 0.1) is 0 Å². The van der Waals surface area contributed by atoms with Crippen LogP contribution in [-0.2, 0) is 14.4 Å². The molecule has 306 valence electrons. The summed E-state index contributed by atoms with van der Waals surface area (Å²) in [6.07, 6.45) is -7.02. The number of fused-ring (bicyclic) bond motifs is 5. The molecular weight excluding hydrogens is 721 g/mol. The number of carbonyl (C=O) groups excluding carboxylic acids is 3. The number of halogens is 9. The lowest BCUT2D eigenvalue weighted by atomic mass is 9.44. The van der Waals surface area contributed by atoms with Crippen molar-refractivity contribution in [2.75, 3.05) is 32.8 Å². The van der Waals surface area contributed by atoms with Crippen molar-refractivity contribution < 1.29 is 59.0 Å². The predicted molar refractivity (Wildman–Crippen MR) is 178 cm³/mol. The van der Waals surface area contributed by atoms with E-state index in [1.165, 1.54) is 6.42 Å². The topological polar surface area (TPSA) is 89.9 Å². The van der Waals surface area contributed by atoms with E-state index in [9.17, 15) is 59.0 Å². The predicted octanol–water partition coefficient (Wildman–Crippen LogP) is 8.05. The highest BCUT2D eigenvalue weighted by atomic mass is 19.4. The van der Waals surface area contributed by atoms with E-state index in [1.807, 2.05) is 0 Å². The molecule has 2 N–H and O–H groups in total. The summed E-state index contributed by atoms with van der Waals surface area (Å²) in [5.41, 5.74) is 0.112. The van der Waals surface area contributed by atoms with Gasteiger partial charge in [-0.1, -0.05) is 20.8 Å². The molecule has 0 aromatic rings. The minimum Gasteiger partial charge on any atom is -0.396 e. The van der Waals surface area contributed by atoms with Crippen molar-refractivity contribution in [1.29, 1.82) is 0 Å². The van der Waals surface area contributed by atoms with Gasteiger partial charge < -0.3 is 20.2 Å². The summed E-state index contributed by atoms with van der Waals surface area (Å²) in [4.78, 5) is 37.0. The minimum atomic E-state index is -5.30. The lowest BCUT2D eigenvalue weighted by Crippen LogP contribution is -2.57. The number of rotatable bonds is 14. The Balaban J connectivity index is 1.40. The Morgan fingerprint density at radius 3 is 1.98 bits per heavy atom. The van der Waals surface area contributed by atoms with Crippen molar-refractivity contribution in [3.63, 3.8) is 0 Å². The smallest absolute Gasteiger partial charge is 0.396 e. The van der Waals surface area contributed by atoms with Crippen molar-refractivity contribution in [1.82, 2.24) is 15.1 Å². The zero-order valence-electron chi connectivity index (χ0n) is 30.9. The molecule has 0 bridgehead atoms. The molecule has 0 saturated heterocycles. The third-order valence-corrected chi connectivity index (χ3v) is 13.9. The number of aliphatic hydroxyl groups is 1. The minimum absolute atomic E-state index is 0.0808. The maximum absolute atomic E-state index is 13.9. The fraction of sp³-hybridized carbons (Fsp3) is 0.919. The molecule has 4 saturated carbocycles. The number of nitrogens with one attached hydrogen (secondary N) is 1. The first-order valence-electron chi connectivity index (χ1n) is 19.3. The Bertz CT molecular complexity index is 1280. The molecular formula is C37H56F9N3O4. The van der Waals surface area contributed by atoms with Crippen molar-refractivity contribution in [2.45, 2.75) is 135 Å². The molecule has 53 heavy (non-hydrogen) atoms. The summed E-state index contributed by atoms with van der Waals surface area (Å²) in [6.45, 7) is 4.99. The average molecular weight is 778 g/mol. The van der Waals surface area contributed by atoms with Crippen LogP contribution in [-0.4, -0.2) is 90.0 Å². The zero-order valence-corrected chi connectivity index (χ0v) is 30.9. The molecule has 0 aromatic carbocycles. The van der Waals surface area contributed by atoms with Gasteiger partial charge in [0.25, 0.3) is 0 Å². The monoisotopic (exact) mass is 777 g/mol. The van der Waals surface area contributed by atoms with Gasteiger partial charge in [0.15, 0.2) is 0 Å². The Kier molecular flexibility index (Phi) is 13.8. The lowest BCUT2D eigenvalue weighted by molar-refractivity contribution is -0.191. The highest BCUT2D eigenvalue weighted by Gasteiger charge is 2.61. The first-order chi connectivity index (χ1) is 24.6. The molecule has 4 aliphatic rings. The van der Waals surface area contributed by atoms with E-state index >= 15 is 0 Å². The summed E-state index contributed by atoms with van der Waals surface area (Å²) < 4.78 is 119. The largest absolute Gasteiger partial charge is 0.471 e. The molecule has 0 aromatic heterocycles. The highest BCUT2D eigenvalue weighted by molar-refractivity contribution is 5.83. The first-order valence-corrected chi connectivity index (χ1v) is 19.3. The summed E-state index contributed by atoms with van der Waals surface area (Å²) in [6, 6.07) is -0.764. The molecule has 9 atom stereocenters. The Labute approximate surface area is 306 Å². The number of alkyl halides is 9. The van der Waals surface area contributed by atoms with Crippen LogP contribution < -0.4 is 5.32 Å². The SMILES string of the molecule is CC(CCCO)C1CCC2C3CCC4CC(N(CCCN(CCCCNC(=O)C(F)(F)F)C(=O)C(F)(F)F)C(=O)C(F)(F)F)CCC4(C)C3CCC12C. The summed E-state index contributed by atoms with van der Waals surface area (Å²) >= 11 is 0. The van der Waals surface area contributed by atoms with E-state index in [0.717, 1.165) is 49.8 Å². The van der Waals surface area contributed by atoms with E-state index in [-0.39, 0.29) is 42.6 Å². The molecule has 16 heteroatoms. The number of carbonyl (C=O) groups is 3. The third-order valence-electron chi connectivity index (χ3n) is 13.9. The third kappa shape index (κ3) is 9.77. The second kappa shape index (κ2) is 16.9. The Morgan fingerprint density at radius 2 is 1.36 bits per heavy atom. The summed E-state index contributed by atoms with van der Waals surface area (Å²) in [7, 11) is 0. The van der Waals surface area contributed by atoms with Gasteiger partial charge in [-0.2, -0.15) is 39.5 Å². The Morgan fingerprint density at radius 1 is 0.736 bits per heavy atom. The molecule has 0 heterocycles. The molecule has 4 aliphatic carbocycles. The Hall–Kier alpha value is -2.26. The number of hydrogen-bond acceptors (Lipinski definition) is 4. The lowest BCUT2D eigenvalue weighted by Gasteiger charge is -2.62. The van der Waals surface area contributed by atoms with Gasteiger partial charge >= 0.3 is 36.3 Å². The van der Waals surface area contributed by atoms with Gasteiger partial charge in [0.2, 0.25) is 0 Å². The number of aliphatic hydroxyl groups excluding tert-OH is 1. The summed E-state index contributed by atoms with van der Waals surface area (Å²) in [5.74, 6) is -3.81. The van der Waals surface area contributed by atoms with Gasteiger partial charge in [-0.25, -0.2) is 0 Å². The van der Waals surface area contributed by atoms with Crippen LogP contribution in [0.4, 0.5) is 39.5 Å².